The number of piperidine rings is 1. The fraction of sp³-hybridized carbons (Fsp3) is 0.217. The van der Waals surface area contributed by atoms with E-state index in [0.717, 1.165) is 42.1 Å². The summed E-state index contributed by atoms with van der Waals surface area (Å²) < 4.78 is 1.95. The largest absolute Gasteiger partial charge is 0.338 e. The van der Waals surface area contributed by atoms with Crippen molar-refractivity contribution in [3.8, 4) is 11.4 Å². The first-order valence-electron chi connectivity index (χ1n) is 9.98. The standard InChI is InChI=1S/C23H20ClN5O/c24-18-8-9-22-26-13-21(29(22)15-18)20-7-1-6-19(27-20)17-5-3-11-28(14-17)23(30)16-4-2-10-25-12-16/h1-2,4,6-10,12-13,15,17H,3,5,11,14H2/t17-/m1/s1. The van der Waals surface area contributed by atoms with E-state index in [4.69, 9.17) is 16.6 Å². The molecule has 7 heteroatoms. The molecule has 0 N–H and O–H groups in total. The number of imidazole rings is 1. The number of likely N-dealkylation sites (tertiary alicyclic amines) is 1. The van der Waals surface area contributed by atoms with Gasteiger partial charge in [-0.05, 0) is 49.2 Å². The molecule has 0 saturated carbocycles. The van der Waals surface area contributed by atoms with Crippen molar-refractivity contribution in [1.29, 1.82) is 0 Å². The highest BCUT2D eigenvalue weighted by atomic mass is 35.5. The van der Waals surface area contributed by atoms with Crippen LogP contribution < -0.4 is 0 Å². The van der Waals surface area contributed by atoms with Gasteiger partial charge in [0.1, 0.15) is 5.65 Å². The van der Waals surface area contributed by atoms with Gasteiger partial charge in [-0.1, -0.05) is 17.7 Å². The van der Waals surface area contributed by atoms with Crippen LogP contribution in [-0.4, -0.2) is 43.2 Å². The van der Waals surface area contributed by atoms with Crippen molar-refractivity contribution >= 4 is 23.2 Å². The Labute approximate surface area is 179 Å². The van der Waals surface area contributed by atoms with Crippen molar-refractivity contribution in [1.82, 2.24) is 24.3 Å². The smallest absolute Gasteiger partial charge is 0.255 e. The Bertz CT molecular complexity index is 1210. The first-order valence-corrected chi connectivity index (χ1v) is 10.4. The highest BCUT2D eigenvalue weighted by Crippen LogP contribution is 2.29. The summed E-state index contributed by atoms with van der Waals surface area (Å²) in [5.41, 5.74) is 4.19. The average Bonchev–Trinajstić information content (AvgIpc) is 3.22. The Hall–Kier alpha value is -3.25. The lowest BCUT2D eigenvalue weighted by Crippen LogP contribution is -2.39. The van der Waals surface area contributed by atoms with Crippen LogP contribution in [0, 0.1) is 0 Å². The summed E-state index contributed by atoms with van der Waals surface area (Å²) in [6, 6.07) is 13.4. The first kappa shape index (κ1) is 18.8. The Kier molecular flexibility index (Phi) is 4.93. The number of carbonyl (C=O) groups excluding carboxylic acids is 1. The first-order chi connectivity index (χ1) is 14.7. The SMILES string of the molecule is O=C(c1cccnc1)N1CCC[C@@H](c2cccc(-c3cnc4ccc(Cl)cn34)n2)C1. The third kappa shape index (κ3) is 3.55. The van der Waals surface area contributed by atoms with E-state index in [2.05, 4.69) is 9.97 Å². The van der Waals surface area contributed by atoms with Crippen molar-refractivity contribution in [3.05, 3.63) is 83.5 Å². The summed E-state index contributed by atoms with van der Waals surface area (Å²) in [5, 5.41) is 0.648. The van der Waals surface area contributed by atoms with E-state index in [1.54, 1.807) is 18.5 Å². The average molecular weight is 418 g/mol. The van der Waals surface area contributed by atoms with Gasteiger partial charge in [-0.2, -0.15) is 0 Å². The molecule has 1 fully saturated rings. The molecule has 0 bridgehead atoms. The zero-order chi connectivity index (χ0) is 20.5. The van der Waals surface area contributed by atoms with Gasteiger partial charge in [0.25, 0.3) is 5.91 Å². The fourth-order valence-corrected chi connectivity index (χ4v) is 4.20. The van der Waals surface area contributed by atoms with E-state index in [1.165, 1.54) is 0 Å². The molecule has 0 unspecified atom stereocenters. The molecule has 4 aromatic rings. The molecule has 1 amide bonds. The van der Waals surface area contributed by atoms with Gasteiger partial charge in [-0.15, -0.1) is 0 Å². The van der Waals surface area contributed by atoms with Crippen molar-refractivity contribution in [2.75, 3.05) is 13.1 Å². The molecule has 1 aliphatic heterocycles. The van der Waals surface area contributed by atoms with Gasteiger partial charge in [0.15, 0.2) is 0 Å². The van der Waals surface area contributed by atoms with Crippen molar-refractivity contribution in [3.63, 3.8) is 0 Å². The van der Waals surface area contributed by atoms with Crippen molar-refractivity contribution < 1.29 is 4.79 Å². The summed E-state index contributed by atoms with van der Waals surface area (Å²) in [7, 11) is 0. The van der Waals surface area contributed by atoms with Crippen LogP contribution >= 0.6 is 11.6 Å². The summed E-state index contributed by atoms with van der Waals surface area (Å²) >= 11 is 6.17. The minimum Gasteiger partial charge on any atom is -0.338 e. The Morgan fingerprint density at radius 1 is 1.10 bits per heavy atom. The molecule has 0 radical (unpaired) electrons. The van der Waals surface area contributed by atoms with Crippen LogP contribution in [0.1, 0.15) is 34.8 Å². The van der Waals surface area contributed by atoms with E-state index >= 15 is 0 Å². The van der Waals surface area contributed by atoms with Gasteiger partial charge in [0, 0.05) is 43.3 Å². The van der Waals surface area contributed by atoms with Gasteiger partial charge in [-0.25, -0.2) is 4.98 Å². The van der Waals surface area contributed by atoms with Crippen LogP contribution in [0.5, 0.6) is 0 Å². The molecular formula is C23H20ClN5O. The van der Waals surface area contributed by atoms with Crippen molar-refractivity contribution in [2.45, 2.75) is 18.8 Å². The molecule has 0 aliphatic carbocycles. The van der Waals surface area contributed by atoms with Gasteiger partial charge < -0.3 is 4.90 Å². The van der Waals surface area contributed by atoms with E-state index in [9.17, 15) is 4.79 Å². The van der Waals surface area contributed by atoms with Crippen LogP contribution in [0.15, 0.2) is 67.3 Å². The van der Waals surface area contributed by atoms with Crippen LogP contribution in [0.4, 0.5) is 0 Å². The number of fused-ring (bicyclic) bond motifs is 1. The summed E-state index contributed by atoms with van der Waals surface area (Å²) in [6.07, 6.45) is 8.93. The van der Waals surface area contributed by atoms with E-state index in [-0.39, 0.29) is 11.8 Å². The van der Waals surface area contributed by atoms with Crippen LogP contribution in [0.25, 0.3) is 17.0 Å². The normalized spacial score (nSPS) is 16.7. The van der Waals surface area contributed by atoms with Crippen LogP contribution in [0.2, 0.25) is 5.02 Å². The van der Waals surface area contributed by atoms with Crippen LogP contribution in [-0.2, 0) is 0 Å². The second-order valence-electron chi connectivity index (χ2n) is 7.50. The molecular weight excluding hydrogens is 398 g/mol. The minimum absolute atomic E-state index is 0.0281. The highest BCUT2D eigenvalue weighted by Gasteiger charge is 2.26. The number of halogens is 1. The Morgan fingerprint density at radius 3 is 2.90 bits per heavy atom. The zero-order valence-corrected chi connectivity index (χ0v) is 17.0. The maximum absolute atomic E-state index is 12.9. The summed E-state index contributed by atoms with van der Waals surface area (Å²) in [5.74, 6) is 0.225. The second-order valence-corrected chi connectivity index (χ2v) is 7.94. The lowest BCUT2D eigenvalue weighted by molar-refractivity contribution is 0.0705. The van der Waals surface area contributed by atoms with E-state index < -0.39 is 0 Å². The molecule has 4 aromatic heterocycles. The lowest BCUT2D eigenvalue weighted by atomic mass is 9.93. The van der Waals surface area contributed by atoms with Gasteiger partial charge >= 0.3 is 0 Å². The predicted molar refractivity (Wildman–Crippen MR) is 116 cm³/mol. The topological polar surface area (TPSA) is 63.4 Å². The number of nitrogens with zero attached hydrogens (tertiary/aromatic N) is 5. The predicted octanol–water partition coefficient (Wildman–Crippen LogP) is 4.46. The monoisotopic (exact) mass is 417 g/mol. The van der Waals surface area contributed by atoms with Crippen LogP contribution in [0.3, 0.4) is 0 Å². The quantitative estimate of drug-likeness (QED) is 0.493. The molecule has 5 rings (SSSR count). The number of amides is 1. The third-order valence-corrected chi connectivity index (χ3v) is 5.76. The third-order valence-electron chi connectivity index (χ3n) is 5.54. The summed E-state index contributed by atoms with van der Waals surface area (Å²) in [6.45, 7) is 1.42. The molecule has 1 aliphatic rings. The van der Waals surface area contributed by atoms with Gasteiger partial charge in [0.05, 0.1) is 28.2 Å². The van der Waals surface area contributed by atoms with E-state index in [0.29, 0.717) is 17.1 Å². The maximum Gasteiger partial charge on any atom is 0.255 e. The number of hydrogen-bond donors (Lipinski definition) is 0. The zero-order valence-electron chi connectivity index (χ0n) is 16.3. The molecule has 1 saturated heterocycles. The molecule has 6 nitrogen and oxygen atoms in total. The lowest BCUT2D eigenvalue weighted by Gasteiger charge is -2.32. The number of aromatic nitrogens is 4. The molecule has 30 heavy (non-hydrogen) atoms. The number of hydrogen-bond acceptors (Lipinski definition) is 4. The molecule has 0 spiro atoms. The second kappa shape index (κ2) is 7.88. The highest BCUT2D eigenvalue weighted by molar-refractivity contribution is 6.30. The fourth-order valence-electron chi connectivity index (χ4n) is 4.04. The molecule has 0 aromatic carbocycles. The Balaban J connectivity index is 1.42. The minimum atomic E-state index is 0.0281. The van der Waals surface area contributed by atoms with Crippen molar-refractivity contribution in [2.24, 2.45) is 0 Å². The molecule has 150 valence electrons. The summed E-state index contributed by atoms with van der Waals surface area (Å²) in [4.78, 5) is 28.2. The Morgan fingerprint density at radius 2 is 2.03 bits per heavy atom. The number of pyridine rings is 3. The van der Waals surface area contributed by atoms with E-state index in [1.807, 2.05) is 58.1 Å². The molecule has 5 heterocycles. The number of carbonyl (C=O) groups is 1. The molecule has 1 atom stereocenters. The number of rotatable bonds is 3. The maximum atomic E-state index is 12.9. The van der Waals surface area contributed by atoms with Gasteiger partial charge in [0.2, 0.25) is 0 Å². The van der Waals surface area contributed by atoms with Gasteiger partial charge in [-0.3, -0.25) is 19.2 Å².